The number of nitrogens with one attached hydrogen (secondary N) is 1. The Bertz CT molecular complexity index is 422. The van der Waals surface area contributed by atoms with Gasteiger partial charge in [-0.1, -0.05) is 41.7 Å². The van der Waals surface area contributed by atoms with E-state index >= 15 is 0 Å². The van der Waals surface area contributed by atoms with Gasteiger partial charge in [0.1, 0.15) is 5.01 Å². The van der Waals surface area contributed by atoms with Gasteiger partial charge in [-0.2, -0.15) is 0 Å². The van der Waals surface area contributed by atoms with Crippen molar-refractivity contribution in [3.05, 3.63) is 30.3 Å². The number of benzene rings is 1. The lowest BCUT2D eigenvalue weighted by Gasteiger charge is -2.03. The molecule has 0 unspecified atom stereocenters. The molecule has 2 aromatic rings. The second-order valence-electron chi connectivity index (χ2n) is 3.58. The molecule has 0 saturated heterocycles. The van der Waals surface area contributed by atoms with Crippen molar-refractivity contribution in [1.82, 2.24) is 10.2 Å². The van der Waals surface area contributed by atoms with E-state index in [1.54, 1.807) is 11.3 Å². The molecule has 0 aliphatic rings. The van der Waals surface area contributed by atoms with Crippen molar-refractivity contribution in [2.45, 2.75) is 19.9 Å². The van der Waals surface area contributed by atoms with Crippen LogP contribution in [0.5, 0.6) is 0 Å². The number of rotatable bonds is 3. The molecule has 78 valence electrons. The molecule has 0 bridgehead atoms. The second-order valence-corrected chi connectivity index (χ2v) is 4.55. The number of aromatic nitrogens is 2. The average molecular weight is 219 g/mol. The maximum Gasteiger partial charge on any atom is 0.206 e. The Kier molecular flexibility index (Phi) is 2.97. The van der Waals surface area contributed by atoms with Crippen LogP contribution in [0.25, 0.3) is 10.6 Å². The molecule has 4 heteroatoms. The molecule has 2 rings (SSSR count). The highest BCUT2D eigenvalue weighted by Gasteiger charge is 2.06. The van der Waals surface area contributed by atoms with Gasteiger partial charge in [-0.15, -0.1) is 10.2 Å². The summed E-state index contributed by atoms with van der Waals surface area (Å²) in [6.07, 6.45) is 0. The zero-order valence-corrected chi connectivity index (χ0v) is 9.58. The summed E-state index contributed by atoms with van der Waals surface area (Å²) in [7, 11) is 0. The smallest absolute Gasteiger partial charge is 0.206 e. The van der Waals surface area contributed by atoms with Crippen LogP contribution in [0, 0.1) is 0 Å². The third-order valence-corrected chi connectivity index (χ3v) is 2.76. The first-order chi connectivity index (χ1) is 7.25. The van der Waals surface area contributed by atoms with E-state index in [0.717, 1.165) is 15.7 Å². The highest BCUT2D eigenvalue weighted by atomic mass is 32.1. The molecule has 0 atom stereocenters. The van der Waals surface area contributed by atoms with Gasteiger partial charge < -0.3 is 5.32 Å². The van der Waals surface area contributed by atoms with E-state index in [-0.39, 0.29) is 0 Å². The predicted octanol–water partition coefficient (Wildman–Crippen LogP) is 3.03. The number of nitrogens with zero attached hydrogens (tertiary/aromatic N) is 2. The lowest BCUT2D eigenvalue weighted by molar-refractivity contribution is 0.888. The van der Waals surface area contributed by atoms with Crippen molar-refractivity contribution in [2.24, 2.45) is 0 Å². The Hall–Kier alpha value is -1.42. The molecule has 0 spiro atoms. The summed E-state index contributed by atoms with van der Waals surface area (Å²) in [5.74, 6) is 0. The lowest BCUT2D eigenvalue weighted by Crippen LogP contribution is -2.08. The van der Waals surface area contributed by atoms with E-state index < -0.39 is 0 Å². The van der Waals surface area contributed by atoms with Crippen LogP contribution in [0.3, 0.4) is 0 Å². The first kappa shape index (κ1) is 10.1. The van der Waals surface area contributed by atoms with Gasteiger partial charge in [0.2, 0.25) is 5.13 Å². The lowest BCUT2D eigenvalue weighted by atomic mass is 10.2. The van der Waals surface area contributed by atoms with Gasteiger partial charge >= 0.3 is 0 Å². The van der Waals surface area contributed by atoms with Gasteiger partial charge in [-0.05, 0) is 13.8 Å². The summed E-state index contributed by atoms with van der Waals surface area (Å²) in [6, 6.07) is 10.5. The fraction of sp³-hybridized carbons (Fsp3) is 0.273. The van der Waals surface area contributed by atoms with Gasteiger partial charge in [-0.3, -0.25) is 0 Å². The van der Waals surface area contributed by atoms with E-state index in [4.69, 9.17) is 0 Å². The van der Waals surface area contributed by atoms with E-state index in [0.29, 0.717) is 6.04 Å². The SMILES string of the molecule is CC(C)Nc1nnc(-c2ccccc2)s1. The van der Waals surface area contributed by atoms with Crippen molar-refractivity contribution in [3.8, 4) is 10.6 Å². The molecule has 0 saturated carbocycles. The van der Waals surface area contributed by atoms with Gasteiger partial charge in [-0.25, -0.2) is 0 Å². The van der Waals surface area contributed by atoms with Gasteiger partial charge in [0.25, 0.3) is 0 Å². The monoisotopic (exact) mass is 219 g/mol. The zero-order valence-electron chi connectivity index (χ0n) is 8.77. The van der Waals surface area contributed by atoms with Gasteiger partial charge in [0.15, 0.2) is 0 Å². The third kappa shape index (κ3) is 2.53. The summed E-state index contributed by atoms with van der Waals surface area (Å²) < 4.78 is 0. The summed E-state index contributed by atoms with van der Waals surface area (Å²) in [6.45, 7) is 4.17. The van der Waals surface area contributed by atoms with Crippen LogP contribution in [-0.2, 0) is 0 Å². The van der Waals surface area contributed by atoms with Crippen LogP contribution in [0.1, 0.15) is 13.8 Å². The molecule has 1 heterocycles. The zero-order chi connectivity index (χ0) is 10.7. The van der Waals surface area contributed by atoms with Crippen LogP contribution >= 0.6 is 11.3 Å². The number of anilines is 1. The third-order valence-electron chi connectivity index (χ3n) is 1.86. The Labute approximate surface area is 93.2 Å². The normalized spacial score (nSPS) is 10.6. The Morgan fingerprint density at radius 1 is 1.13 bits per heavy atom. The fourth-order valence-corrected chi connectivity index (χ4v) is 2.12. The minimum absolute atomic E-state index is 0.390. The van der Waals surface area contributed by atoms with Crippen LogP contribution in [0.4, 0.5) is 5.13 Å². The Balaban J connectivity index is 2.21. The molecule has 0 aliphatic carbocycles. The Morgan fingerprint density at radius 3 is 2.53 bits per heavy atom. The van der Waals surface area contributed by atoms with Crippen LogP contribution in [0.15, 0.2) is 30.3 Å². The summed E-state index contributed by atoms with van der Waals surface area (Å²) >= 11 is 1.58. The molecule has 0 fully saturated rings. The molecule has 0 radical (unpaired) electrons. The molecule has 1 aromatic carbocycles. The molecule has 0 amide bonds. The highest BCUT2D eigenvalue weighted by Crippen LogP contribution is 2.25. The van der Waals surface area contributed by atoms with Crippen molar-refractivity contribution in [2.75, 3.05) is 5.32 Å². The van der Waals surface area contributed by atoms with E-state index in [1.165, 1.54) is 0 Å². The predicted molar refractivity (Wildman–Crippen MR) is 64.1 cm³/mol. The van der Waals surface area contributed by atoms with Crippen molar-refractivity contribution in [1.29, 1.82) is 0 Å². The minimum atomic E-state index is 0.390. The summed E-state index contributed by atoms with van der Waals surface area (Å²) in [5.41, 5.74) is 1.12. The average Bonchev–Trinajstić information content (AvgIpc) is 2.67. The highest BCUT2D eigenvalue weighted by molar-refractivity contribution is 7.18. The molecule has 15 heavy (non-hydrogen) atoms. The van der Waals surface area contributed by atoms with Gasteiger partial charge in [0.05, 0.1) is 0 Å². The quantitative estimate of drug-likeness (QED) is 0.862. The standard InChI is InChI=1S/C11H13N3S/c1-8(2)12-11-14-13-10(15-11)9-6-4-3-5-7-9/h3-8H,1-2H3,(H,12,14). The Morgan fingerprint density at radius 2 is 1.87 bits per heavy atom. The first-order valence-electron chi connectivity index (χ1n) is 4.91. The second kappa shape index (κ2) is 4.40. The maximum atomic E-state index is 4.15. The van der Waals surface area contributed by atoms with Crippen LogP contribution < -0.4 is 5.32 Å². The molecule has 1 aromatic heterocycles. The molecular weight excluding hydrogens is 206 g/mol. The number of hydrogen-bond acceptors (Lipinski definition) is 4. The molecule has 3 nitrogen and oxygen atoms in total. The summed E-state index contributed by atoms with van der Waals surface area (Å²) in [5, 5.41) is 13.3. The number of hydrogen-bond donors (Lipinski definition) is 1. The van der Waals surface area contributed by atoms with E-state index in [9.17, 15) is 0 Å². The first-order valence-corrected chi connectivity index (χ1v) is 5.73. The molecule has 1 N–H and O–H groups in total. The molecule has 0 aliphatic heterocycles. The van der Waals surface area contributed by atoms with Crippen LogP contribution in [0.2, 0.25) is 0 Å². The molecular formula is C11H13N3S. The van der Waals surface area contributed by atoms with E-state index in [2.05, 4.69) is 29.4 Å². The fourth-order valence-electron chi connectivity index (χ4n) is 1.23. The minimum Gasteiger partial charge on any atom is -0.358 e. The van der Waals surface area contributed by atoms with Crippen molar-refractivity contribution in [3.63, 3.8) is 0 Å². The van der Waals surface area contributed by atoms with Crippen molar-refractivity contribution >= 4 is 16.5 Å². The topological polar surface area (TPSA) is 37.8 Å². The van der Waals surface area contributed by atoms with Crippen LogP contribution in [-0.4, -0.2) is 16.2 Å². The van der Waals surface area contributed by atoms with Gasteiger partial charge in [0, 0.05) is 11.6 Å². The van der Waals surface area contributed by atoms with E-state index in [1.807, 2.05) is 30.3 Å². The summed E-state index contributed by atoms with van der Waals surface area (Å²) in [4.78, 5) is 0. The van der Waals surface area contributed by atoms with Crippen molar-refractivity contribution < 1.29 is 0 Å². The largest absolute Gasteiger partial charge is 0.358 e. The maximum absolute atomic E-state index is 4.15.